The maximum absolute atomic E-state index is 12.1. The molecule has 0 saturated carbocycles. The molecule has 3 rings (SSSR count). The molecule has 3 aromatic carbocycles. The quantitative estimate of drug-likeness (QED) is 0.299. The Balaban J connectivity index is 1.55. The summed E-state index contributed by atoms with van der Waals surface area (Å²) in [6.07, 6.45) is 1.03. The summed E-state index contributed by atoms with van der Waals surface area (Å²) in [4.78, 5) is 24.2. The van der Waals surface area contributed by atoms with Gasteiger partial charge in [-0.05, 0) is 30.3 Å². The molecule has 0 spiro atoms. The molecule has 0 aromatic heterocycles. The minimum absolute atomic E-state index is 0.212. The second-order valence-electron chi connectivity index (χ2n) is 6.81. The van der Waals surface area contributed by atoms with Crippen molar-refractivity contribution in [3.8, 4) is 17.6 Å². The van der Waals surface area contributed by atoms with Gasteiger partial charge < -0.3 is 14.8 Å². The molecule has 0 aliphatic rings. The van der Waals surface area contributed by atoms with Crippen molar-refractivity contribution in [1.29, 1.82) is 5.26 Å². The van der Waals surface area contributed by atoms with Gasteiger partial charge in [0.1, 0.15) is 24.5 Å². The molecule has 0 radical (unpaired) electrons. The number of amides is 2. The van der Waals surface area contributed by atoms with Crippen molar-refractivity contribution < 1.29 is 19.1 Å². The number of carbonyl (C=O) groups is 2. The van der Waals surface area contributed by atoms with Crippen LogP contribution in [-0.2, 0) is 16.2 Å². The molecule has 166 valence electrons. The van der Waals surface area contributed by atoms with Crippen LogP contribution in [0.3, 0.4) is 0 Å². The van der Waals surface area contributed by atoms with Crippen molar-refractivity contribution in [3.05, 3.63) is 89.5 Å². The molecule has 0 bridgehead atoms. The Kier molecular flexibility index (Phi) is 8.15. The molecule has 2 amide bonds. The summed E-state index contributed by atoms with van der Waals surface area (Å²) in [5.41, 5.74) is 4.75. The van der Waals surface area contributed by atoms with Gasteiger partial charge in [0.15, 0.2) is 0 Å². The Bertz CT molecular complexity index is 1200. The maximum atomic E-state index is 12.1. The summed E-state index contributed by atoms with van der Waals surface area (Å²) in [5.74, 6) is -0.0254. The first kappa shape index (κ1) is 23.0. The minimum atomic E-state index is -0.569. The number of nitrogens with zero attached hydrogens (tertiary/aromatic N) is 2. The molecule has 0 atom stereocenters. The predicted octanol–water partition coefficient (Wildman–Crippen LogP) is 3.62. The second kappa shape index (κ2) is 11.7. The van der Waals surface area contributed by atoms with Crippen molar-refractivity contribution in [2.45, 2.75) is 13.0 Å². The third kappa shape index (κ3) is 6.67. The standard InChI is InChI=1S/C25H22N4O4/c1-32-23-13-7-5-11-21(23)28-24(30)14-25(31)29-27-16-19-9-4-6-12-22(19)33-17-20-10-3-2-8-18(20)15-26/h2-13,16H,14,17H2,1H3,(H,28,30)(H,29,31). The summed E-state index contributed by atoms with van der Waals surface area (Å²) in [7, 11) is 1.50. The molecule has 0 saturated heterocycles. The highest BCUT2D eigenvalue weighted by molar-refractivity contribution is 6.04. The molecule has 8 nitrogen and oxygen atoms in total. The van der Waals surface area contributed by atoms with Gasteiger partial charge in [0.2, 0.25) is 11.8 Å². The van der Waals surface area contributed by atoms with Gasteiger partial charge in [-0.15, -0.1) is 0 Å². The van der Waals surface area contributed by atoms with E-state index in [-0.39, 0.29) is 6.61 Å². The zero-order chi connectivity index (χ0) is 23.5. The molecular formula is C25H22N4O4. The minimum Gasteiger partial charge on any atom is -0.495 e. The number of ether oxygens (including phenoxy) is 2. The van der Waals surface area contributed by atoms with E-state index in [0.29, 0.717) is 28.3 Å². The molecule has 0 unspecified atom stereocenters. The zero-order valence-corrected chi connectivity index (χ0v) is 17.9. The van der Waals surface area contributed by atoms with E-state index in [1.54, 1.807) is 54.6 Å². The van der Waals surface area contributed by atoms with Gasteiger partial charge in [-0.25, -0.2) is 5.43 Å². The van der Waals surface area contributed by atoms with Crippen LogP contribution < -0.4 is 20.2 Å². The number of para-hydroxylation sites is 3. The highest BCUT2D eigenvalue weighted by atomic mass is 16.5. The van der Waals surface area contributed by atoms with Crippen LogP contribution >= 0.6 is 0 Å². The molecule has 33 heavy (non-hydrogen) atoms. The predicted molar refractivity (Wildman–Crippen MR) is 124 cm³/mol. The van der Waals surface area contributed by atoms with E-state index in [2.05, 4.69) is 21.9 Å². The van der Waals surface area contributed by atoms with Crippen molar-refractivity contribution in [3.63, 3.8) is 0 Å². The number of anilines is 1. The summed E-state index contributed by atoms with van der Waals surface area (Å²) in [6.45, 7) is 0.212. The molecule has 0 fully saturated rings. The summed E-state index contributed by atoms with van der Waals surface area (Å²) in [5, 5.41) is 15.8. The van der Waals surface area contributed by atoms with E-state index >= 15 is 0 Å². The van der Waals surface area contributed by atoms with Crippen molar-refractivity contribution >= 4 is 23.7 Å². The van der Waals surface area contributed by atoms with E-state index in [1.165, 1.54) is 13.3 Å². The van der Waals surface area contributed by atoms with Crippen LogP contribution in [0.2, 0.25) is 0 Å². The number of hydrogen-bond acceptors (Lipinski definition) is 6. The lowest BCUT2D eigenvalue weighted by molar-refractivity contribution is -0.126. The average molecular weight is 442 g/mol. The van der Waals surface area contributed by atoms with Crippen LogP contribution in [0, 0.1) is 11.3 Å². The molecule has 3 aromatic rings. The van der Waals surface area contributed by atoms with E-state index in [1.807, 2.05) is 18.2 Å². The Morgan fingerprint density at radius 1 is 0.970 bits per heavy atom. The van der Waals surface area contributed by atoms with Gasteiger partial charge in [-0.2, -0.15) is 10.4 Å². The SMILES string of the molecule is COc1ccccc1NC(=O)CC(=O)NN=Cc1ccccc1OCc1ccccc1C#N. The molecule has 0 heterocycles. The fraction of sp³-hybridized carbons (Fsp3) is 0.120. The maximum Gasteiger partial charge on any atom is 0.249 e. The fourth-order valence-corrected chi connectivity index (χ4v) is 2.93. The van der Waals surface area contributed by atoms with E-state index in [4.69, 9.17) is 9.47 Å². The normalized spacial score (nSPS) is 10.3. The number of nitrogens with one attached hydrogen (secondary N) is 2. The van der Waals surface area contributed by atoms with Gasteiger partial charge in [0, 0.05) is 11.1 Å². The Morgan fingerprint density at radius 2 is 1.67 bits per heavy atom. The molecule has 0 aliphatic carbocycles. The average Bonchev–Trinajstić information content (AvgIpc) is 2.83. The van der Waals surface area contributed by atoms with Crippen LogP contribution in [0.15, 0.2) is 77.9 Å². The monoisotopic (exact) mass is 442 g/mol. The van der Waals surface area contributed by atoms with Gasteiger partial charge in [-0.1, -0.05) is 42.5 Å². The second-order valence-corrected chi connectivity index (χ2v) is 6.81. The number of hydrazone groups is 1. The first-order chi connectivity index (χ1) is 16.1. The topological polar surface area (TPSA) is 113 Å². The van der Waals surface area contributed by atoms with Crippen LogP contribution in [0.25, 0.3) is 0 Å². The molecule has 2 N–H and O–H groups in total. The van der Waals surface area contributed by atoms with Crippen LogP contribution in [0.4, 0.5) is 5.69 Å². The highest BCUT2D eigenvalue weighted by Crippen LogP contribution is 2.23. The lowest BCUT2D eigenvalue weighted by Gasteiger charge is -2.10. The first-order valence-corrected chi connectivity index (χ1v) is 10.1. The van der Waals surface area contributed by atoms with E-state index < -0.39 is 18.2 Å². The number of carbonyl (C=O) groups excluding carboxylic acids is 2. The summed E-state index contributed by atoms with van der Waals surface area (Å²) >= 11 is 0. The van der Waals surface area contributed by atoms with Crippen LogP contribution in [0.5, 0.6) is 11.5 Å². The molecule has 8 heteroatoms. The smallest absolute Gasteiger partial charge is 0.249 e. The van der Waals surface area contributed by atoms with Crippen molar-refractivity contribution in [1.82, 2.24) is 5.43 Å². The Morgan fingerprint density at radius 3 is 2.45 bits per heavy atom. The van der Waals surface area contributed by atoms with Crippen molar-refractivity contribution in [2.24, 2.45) is 5.10 Å². The Labute approximate surface area is 191 Å². The van der Waals surface area contributed by atoms with E-state index in [0.717, 1.165) is 5.56 Å². The zero-order valence-electron chi connectivity index (χ0n) is 17.9. The molecule has 0 aliphatic heterocycles. The lowest BCUT2D eigenvalue weighted by atomic mass is 10.1. The number of hydrogen-bond donors (Lipinski definition) is 2. The first-order valence-electron chi connectivity index (χ1n) is 10.1. The number of rotatable bonds is 9. The van der Waals surface area contributed by atoms with Crippen LogP contribution in [-0.4, -0.2) is 25.1 Å². The Hall–Kier alpha value is -4.64. The number of methoxy groups -OCH3 is 1. The lowest BCUT2D eigenvalue weighted by Crippen LogP contribution is -2.24. The highest BCUT2D eigenvalue weighted by Gasteiger charge is 2.11. The number of nitriles is 1. The summed E-state index contributed by atoms with van der Waals surface area (Å²) in [6, 6.07) is 23.4. The summed E-state index contributed by atoms with van der Waals surface area (Å²) < 4.78 is 11.0. The van der Waals surface area contributed by atoms with Crippen molar-refractivity contribution in [2.75, 3.05) is 12.4 Å². The van der Waals surface area contributed by atoms with Gasteiger partial charge in [0.05, 0.1) is 30.6 Å². The van der Waals surface area contributed by atoms with E-state index in [9.17, 15) is 14.9 Å². The van der Waals surface area contributed by atoms with Gasteiger partial charge >= 0.3 is 0 Å². The third-order valence-electron chi connectivity index (χ3n) is 4.54. The van der Waals surface area contributed by atoms with Crippen LogP contribution in [0.1, 0.15) is 23.1 Å². The molecular weight excluding hydrogens is 420 g/mol. The number of benzene rings is 3. The van der Waals surface area contributed by atoms with Gasteiger partial charge in [0.25, 0.3) is 0 Å². The fourth-order valence-electron chi connectivity index (χ4n) is 2.93. The largest absolute Gasteiger partial charge is 0.495 e. The van der Waals surface area contributed by atoms with Gasteiger partial charge in [-0.3, -0.25) is 9.59 Å². The third-order valence-corrected chi connectivity index (χ3v) is 4.54.